The quantitative estimate of drug-likeness (QED) is 0.266. The lowest BCUT2D eigenvalue weighted by Crippen LogP contribution is -2.53. The van der Waals surface area contributed by atoms with Crippen LogP contribution in [0.5, 0.6) is 17.2 Å². The molecule has 0 aliphatic carbocycles. The molecule has 8 heteroatoms. The minimum absolute atomic E-state index is 0.367. The van der Waals surface area contributed by atoms with Crippen LogP contribution in [0.25, 0.3) is 0 Å². The molecule has 1 heterocycles. The van der Waals surface area contributed by atoms with Crippen molar-refractivity contribution in [1.29, 1.82) is 0 Å². The van der Waals surface area contributed by atoms with Gasteiger partial charge >= 0.3 is 5.97 Å². The van der Waals surface area contributed by atoms with Gasteiger partial charge < -0.3 is 23.8 Å². The third kappa shape index (κ3) is 7.11. The van der Waals surface area contributed by atoms with Crippen molar-refractivity contribution < 1.29 is 33.3 Å². The predicted molar refractivity (Wildman–Crippen MR) is 148 cm³/mol. The molecule has 1 aliphatic rings. The standard InChI is InChI=1S/C31H41NO7/c1-7-31(2,3)28(33)29(34)32-18-12-11-15-23(32)30(35)39-24(22-13-9-8-10-14-22)17-16-21-19-25(36-4)27(38-6)26(20-21)37-5/h8-10,13-14,19-20,23-24H,7,11-12,15-18H2,1-6H3/t23-,24?/m1/s1. The number of carbonyl (C=O) groups is 3. The molecule has 0 saturated carbocycles. The Hall–Kier alpha value is -3.55. The summed E-state index contributed by atoms with van der Waals surface area (Å²) >= 11 is 0. The summed E-state index contributed by atoms with van der Waals surface area (Å²) in [5, 5.41) is 0. The number of benzene rings is 2. The van der Waals surface area contributed by atoms with E-state index in [0.717, 1.165) is 24.0 Å². The number of hydrogen-bond donors (Lipinski definition) is 0. The zero-order chi connectivity index (χ0) is 28.6. The molecule has 1 saturated heterocycles. The fraction of sp³-hybridized carbons (Fsp3) is 0.516. The number of carbonyl (C=O) groups excluding carboxylic acids is 3. The van der Waals surface area contributed by atoms with Crippen LogP contribution in [0.2, 0.25) is 0 Å². The van der Waals surface area contributed by atoms with Crippen LogP contribution in [0.1, 0.15) is 70.1 Å². The average molecular weight is 540 g/mol. The highest BCUT2D eigenvalue weighted by atomic mass is 16.5. The first-order valence-corrected chi connectivity index (χ1v) is 13.6. The van der Waals surface area contributed by atoms with Gasteiger partial charge in [0.1, 0.15) is 12.1 Å². The molecule has 1 fully saturated rings. The van der Waals surface area contributed by atoms with Gasteiger partial charge in [-0.25, -0.2) is 4.79 Å². The number of rotatable bonds is 12. The summed E-state index contributed by atoms with van der Waals surface area (Å²) < 4.78 is 22.5. The van der Waals surface area contributed by atoms with Crippen molar-refractivity contribution in [3.05, 3.63) is 53.6 Å². The number of amides is 1. The van der Waals surface area contributed by atoms with Gasteiger partial charge in [0.05, 0.1) is 21.3 Å². The summed E-state index contributed by atoms with van der Waals surface area (Å²) in [4.78, 5) is 41.1. The van der Waals surface area contributed by atoms with Crippen LogP contribution < -0.4 is 14.2 Å². The number of hydrogen-bond acceptors (Lipinski definition) is 7. The monoisotopic (exact) mass is 539 g/mol. The van der Waals surface area contributed by atoms with E-state index in [4.69, 9.17) is 18.9 Å². The van der Waals surface area contributed by atoms with Gasteiger partial charge in [0.15, 0.2) is 11.5 Å². The molecule has 2 atom stereocenters. The Morgan fingerprint density at radius 3 is 2.18 bits per heavy atom. The fourth-order valence-electron chi connectivity index (χ4n) is 4.76. The number of piperidine rings is 1. The van der Waals surface area contributed by atoms with E-state index in [1.54, 1.807) is 35.2 Å². The smallest absolute Gasteiger partial charge is 0.329 e. The van der Waals surface area contributed by atoms with Crippen LogP contribution in [0.4, 0.5) is 0 Å². The second-order valence-corrected chi connectivity index (χ2v) is 10.5. The molecule has 1 amide bonds. The molecular weight excluding hydrogens is 498 g/mol. The van der Waals surface area contributed by atoms with Crippen LogP contribution in [-0.4, -0.2) is 56.5 Å². The molecule has 39 heavy (non-hydrogen) atoms. The summed E-state index contributed by atoms with van der Waals surface area (Å²) in [6, 6.07) is 12.5. The summed E-state index contributed by atoms with van der Waals surface area (Å²) in [6.07, 6.45) is 3.07. The van der Waals surface area contributed by atoms with Gasteiger partial charge in [-0.15, -0.1) is 0 Å². The van der Waals surface area contributed by atoms with Crippen LogP contribution in [-0.2, 0) is 25.5 Å². The molecule has 8 nitrogen and oxygen atoms in total. The maximum Gasteiger partial charge on any atom is 0.329 e. The maximum absolute atomic E-state index is 13.6. The first-order valence-electron chi connectivity index (χ1n) is 13.6. The minimum Gasteiger partial charge on any atom is -0.493 e. The largest absolute Gasteiger partial charge is 0.493 e. The van der Waals surface area contributed by atoms with Gasteiger partial charge in [-0.05, 0) is 61.8 Å². The Labute approximate surface area is 231 Å². The normalized spacial score (nSPS) is 16.3. The van der Waals surface area contributed by atoms with E-state index in [0.29, 0.717) is 49.5 Å². The molecule has 0 N–H and O–H groups in total. The molecule has 1 aliphatic heterocycles. The van der Waals surface area contributed by atoms with Crippen LogP contribution >= 0.6 is 0 Å². The van der Waals surface area contributed by atoms with E-state index in [1.165, 1.54) is 4.90 Å². The topological polar surface area (TPSA) is 91.4 Å². The highest BCUT2D eigenvalue weighted by Crippen LogP contribution is 2.39. The Morgan fingerprint density at radius 2 is 1.62 bits per heavy atom. The Kier molecular flexibility index (Phi) is 10.4. The lowest BCUT2D eigenvalue weighted by molar-refractivity contribution is -0.164. The van der Waals surface area contributed by atoms with E-state index < -0.39 is 35.2 Å². The van der Waals surface area contributed by atoms with Gasteiger partial charge in [0, 0.05) is 12.0 Å². The van der Waals surface area contributed by atoms with Gasteiger partial charge in [0.2, 0.25) is 11.5 Å². The average Bonchev–Trinajstić information content (AvgIpc) is 2.97. The van der Waals surface area contributed by atoms with Crippen molar-refractivity contribution in [3.8, 4) is 17.2 Å². The predicted octanol–water partition coefficient (Wildman–Crippen LogP) is 5.32. The molecule has 0 bridgehead atoms. The van der Waals surface area contributed by atoms with Gasteiger partial charge in [-0.2, -0.15) is 0 Å². The number of nitrogens with zero attached hydrogens (tertiary/aromatic N) is 1. The Morgan fingerprint density at radius 1 is 0.974 bits per heavy atom. The molecule has 2 aromatic rings. The molecule has 0 aromatic heterocycles. The summed E-state index contributed by atoms with van der Waals surface area (Å²) in [5.41, 5.74) is 1.01. The fourth-order valence-corrected chi connectivity index (χ4v) is 4.76. The molecule has 0 spiro atoms. The number of ether oxygens (including phenoxy) is 4. The zero-order valence-electron chi connectivity index (χ0n) is 24.0. The van der Waals surface area contributed by atoms with E-state index in [2.05, 4.69) is 0 Å². The Balaban J connectivity index is 1.82. The number of methoxy groups -OCH3 is 3. The van der Waals surface area contributed by atoms with Crippen molar-refractivity contribution >= 4 is 17.7 Å². The molecular formula is C31H41NO7. The SMILES string of the molecule is CCC(C)(C)C(=O)C(=O)N1CCCC[C@@H]1C(=O)OC(CCc1cc(OC)c(OC)c(OC)c1)c1ccccc1. The second kappa shape index (κ2) is 13.5. The van der Waals surface area contributed by atoms with Crippen LogP contribution in [0, 0.1) is 5.41 Å². The molecule has 1 unspecified atom stereocenters. The number of Topliss-reactive ketones (excluding diaryl/α,β-unsaturated/α-hetero) is 1. The highest BCUT2D eigenvalue weighted by Gasteiger charge is 2.41. The molecule has 212 valence electrons. The van der Waals surface area contributed by atoms with E-state index in [-0.39, 0.29) is 0 Å². The maximum atomic E-state index is 13.6. The lowest BCUT2D eigenvalue weighted by atomic mass is 9.84. The van der Waals surface area contributed by atoms with Gasteiger partial charge in [-0.1, -0.05) is 51.1 Å². The van der Waals surface area contributed by atoms with E-state index >= 15 is 0 Å². The van der Waals surface area contributed by atoms with Gasteiger partial charge in [0.25, 0.3) is 5.91 Å². The highest BCUT2D eigenvalue weighted by molar-refractivity contribution is 6.38. The zero-order valence-corrected chi connectivity index (χ0v) is 24.0. The number of likely N-dealkylation sites (tertiary alicyclic amines) is 1. The number of esters is 1. The van der Waals surface area contributed by atoms with Crippen molar-refractivity contribution in [2.45, 2.75) is 71.4 Å². The first-order chi connectivity index (χ1) is 18.7. The minimum atomic E-state index is -0.782. The summed E-state index contributed by atoms with van der Waals surface area (Å²) in [5.74, 6) is 0.0673. The van der Waals surface area contributed by atoms with Crippen molar-refractivity contribution in [1.82, 2.24) is 4.90 Å². The lowest BCUT2D eigenvalue weighted by Gasteiger charge is -2.36. The Bertz CT molecular complexity index is 1120. The molecule has 2 aromatic carbocycles. The first kappa shape index (κ1) is 30.0. The third-order valence-electron chi connectivity index (χ3n) is 7.58. The summed E-state index contributed by atoms with van der Waals surface area (Å²) in [6.45, 7) is 5.77. The van der Waals surface area contributed by atoms with Gasteiger partial charge in [-0.3, -0.25) is 9.59 Å². The molecule has 3 rings (SSSR count). The van der Waals surface area contributed by atoms with Crippen LogP contribution in [0.15, 0.2) is 42.5 Å². The third-order valence-corrected chi connectivity index (χ3v) is 7.58. The van der Waals surface area contributed by atoms with Crippen molar-refractivity contribution in [3.63, 3.8) is 0 Å². The van der Waals surface area contributed by atoms with E-state index in [1.807, 2.05) is 49.4 Å². The second-order valence-electron chi connectivity index (χ2n) is 10.5. The number of ketones is 1. The number of aryl methyl sites for hydroxylation is 1. The van der Waals surface area contributed by atoms with Crippen LogP contribution in [0.3, 0.4) is 0 Å². The summed E-state index contributed by atoms with van der Waals surface area (Å²) in [7, 11) is 4.69. The van der Waals surface area contributed by atoms with Crippen molar-refractivity contribution in [2.75, 3.05) is 27.9 Å². The molecule has 0 radical (unpaired) electrons. The van der Waals surface area contributed by atoms with E-state index in [9.17, 15) is 14.4 Å². The van der Waals surface area contributed by atoms with Crippen molar-refractivity contribution in [2.24, 2.45) is 5.41 Å².